The maximum atomic E-state index is 12.2. The number of allylic oxidation sites excluding steroid dienone is 2. The predicted molar refractivity (Wildman–Crippen MR) is 79.4 cm³/mol. The number of carbonyl (C=O) groups excluding carboxylic acids is 2. The van der Waals surface area contributed by atoms with E-state index in [1.165, 1.54) is 19.3 Å². The molecule has 0 aliphatic heterocycles. The number of ether oxygens (including phenoxy) is 1. The highest BCUT2D eigenvalue weighted by Crippen LogP contribution is 2.43. The van der Waals surface area contributed by atoms with E-state index in [4.69, 9.17) is 4.74 Å². The molecule has 0 aromatic heterocycles. The highest BCUT2D eigenvalue weighted by molar-refractivity contribution is 5.81. The van der Waals surface area contributed by atoms with E-state index in [1.807, 2.05) is 7.05 Å². The summed E-state index contributed by atoms with van der Waals surface area (Å²) in [6, 6.07) is 0.329. The molecule has 2 fully saturated rings. The van der Waals surface area contributed by atoms with Crippen molar-refractivity contribution in [2.75, 3.05) is 13.7 Å². The lowest BCUT2D eigenvalue weighted by atomic mass is 9.94. The molecule has 3 atom stereocenters. The van der Waals surface area contributed by atoms with E-state index in [9.17, 15) is 9.59 Å². The van der Waals surface area contributed by atoms with Crippen LogP contribution in [0.5, 0.6) is 0 Å². The van der Waals surface area contributed by atoms with Crippen LogP contribution in [-0.4, -0.2) is 36.5 Å². The van der Waals surface area contributed by atoms with E-state index >= 15 is 0 Å². The normalized spacial score (nSPS) is 31.4. The first-order chi connectivity index (χ1) is 10.1. The third kappa shape index (κ3) is 3.14. The molecule has 0 N–H and O–H groups in total. The second kappa shape index (κ2) is 6.20. The fourth-order valence-corrected chi connectivity index (χ4v) is 4.07. The van der Waals surface area contributed by atoms with E-state index in [0.717, 1.165) is 25.7 Å². The van der Waals surface area contributed by atoms with Crippen LogP contribution in [0.2, 0.25) is 0 Å². The van der Waals surface area contributed by atoms with Gasteiger partial charge in [0.05, 0.1) is 5.92 Å². The molecule has 21 heavy (non-hydrogen) atoms. The zero-order valence-electron chi connectivity index (χ0n) is 12.8. The first-order valence-corrected chi connectivity index (χ1v) is 8.26. The third-order valence-corrected chi connectivity index (χ3v) is 5.44. The highest BCUT2D eigenvalue weighted by Gasteiger charge is 2.41. The summed E-state index contributed by atoms with van der Waals surface area (Å²) in [6.07, 6.45) is 12.1. The van der Waals surface area contributed by atoms with Gasteiger partial charge in [0.15, 0.2) is 6.61 Å². The molecule has 0 saturated heterocycles. The molecule has 3 rings (SSSR count). The molecule has 0 spiro atoms. The molecule has 2 bridgehead atoms. The maximum absolute atomic E-state index is 12.2. The minimum Gasteiger partial charge on any atom is -0.455 e. The minimum absolute atomic E-state index is 0.0206. The van der Waals surface area contributed by atoms with Crippen molar-refractivity contribution in [2.24, 2.45) is 17.8 Å². The molecular weight excluding hydrogens is 266 g/mol. The van der Waals surface area contributed by atoms with Crippen molar-refractivity contribution in [2.45, 2.75) is 51.0 Å². The Balaban J connectivity index is 1.44. The zero-order chi connectivity index (χ0) is 14.8. The number of amides is 1. The Morgan fingerprint density at radius 3 is 2.52 bits per heavy atom. The topological polar surface area (TPSA) is 46.6 Å². The van der Waals surface area contributed by atoms with Crippen molar-refractivity contribution >= 4 is 11.9 Å². The lowest BCUT2D eigenvalue weighted by molar-refractivity contribution is -0.156. The van der Waals surface area contributed by atoms with Crippen LogP contribution >= 0.6 is 0 Å². The van der Waals surface area contributed by atoms with Gasteiger partial charge in [-0.1, -0.05) is 31.4 Å². The second-order valence-corrected chi connectivity index (χ2v) is 6.79. The molecular formula is C17H25NO3. The summed E-state index contributed by atoms with van der Waals surface area (Å²) in [4.78, 5) is 26.1. The van der Waals surface area contributed by atoms with Gasteiger partial charge < -0.3 is 9.64 Å². The molecule has 4 nitrogen and oxygen atoms in total. The van der Waals surface area contributed by atoms with Crippen LogP contribution in [0.15, 0.2) is 12.2 Å². The smallest absolute Gasteiger partial charge is 0.310 e. The van der Waals surface area contributed by atoms with E-state index in [0.29, 0.717) is 17.9 Å². The average Bonchev–Trinajstić information content (AvgIpc) is 3.15. The molecule has 116 valence electrons. The van der Waals surface area contributed by atoms with Gasteiger partial charge in [0.25, 0.3) is 5.91 Å². The number of carbonyl (C=O) groups is 2. The predicted octanol–water partition coefficient (Wildman–Crippen LogP) is 2.53. The summed E-state index contributed by atoms with van der Waals surface area (Å²) in [5.74, 6) is 0.626. The fraction of sp³-hybridized carbons (Fsp3) is 0.765. The van der Waals surface area contributed by atoms with Gasteiger partial charge in [0, 0.05) is 13.1 Å². The van der Waals surface area contributed by atoms with Crippen LogP contribution in [0, 0.1) is 17.8 Å². The van der Waals surface area contributed by atoms with Crippen molar-refractivity contribution in [3.05, 3.63) is 12.2 Å². The molecule has 3 aliphatic carbocycles. The fourth-order valence-electron chi connectivity index (χ4n) is 4.07. The largest absolute Gasteiger partial charge is 0.455 e. The quantitative estimate of drug-likeness (QED) is 0.590. The van der Waals surface area contributed by atoms with Gasteiger partial charge in [-0.15, -0.1) is 0 Å². The number of hydrogen-bond acceptors (Lipinski definition) is 3. The van der Waals surface area contributed by atoms with Crippen molar-refractivity contribution in [3.63, 3.8) is 0 Å². The Hall–Kier alpha value is -1.32. The van der Waals surface area contributed by atoms with Gasteiger partial charge in [0.1, 0.15) is 0 Å². The van der Waals surface area contributed by atoms with Gasteiger partial charge in [-0.2, -0.15) is 0 Å². The van der Waals surface area contributed by atoms with E-state index in [2.05, 4.69) is 12.2 Å². The van der Waals surface area contributed by atoms with Gasteiger partial charge in [-0.05, 0) is 37.5 Å². The summed E-state index contributed by atoms with van der Waals surface area (Å²) < 4.78 is 5.29. The van der Waals surface area contributed by atoms with Crippen molar-refractivity contribution in [3.8, 4) is 0 Å². The van der Waals surface area contributed by atoms with E-state index in [1.54, 1.807) is 4.90 Å². The lowest BCUT2D eigenvalue weighted by Crippen LogP contribution is -2.41. The molecule has 0 radical (unpaired) electrons. The third-order valence-electron chi connectivity index (χ3n) is 5.44. The number of likely N-dealkylation sites (N-methyl/N-ethyl adjacent to an activating group) is 1. The monoisotopic (exact) mass is 291 g/mol. The molecule has 3 aliphatic rings. The Morgan fingerprint density at radius 1 is 1.14 bits per heavy atom. The molecule has 2 saturated carbocycles. The highest BCUT2D eigenvalue weighted by atomic mass is 16.5. The zero-order valence-corrected chi connectivity index (χ0v) is 12.8. The maximum Gasteiger partial charge on any atom is 0.310 e. The number of hydrogen-bond donors (Lipinski definition) is 0. The molecule has 4 heteroatoms. The van der Waals surface area contributed by atoms with Gasteiger partial charge in [-0.25, -0.2) is 0 Å². The molecule has 1 amide bonds. The Morgan fingerprint density at radius 2 is 1.90 bits per heavy atom. The van der Waals surface area contributed by atoms with Crippen LogP contribution in [0.3, 0.4) is 0 Å². The summed E-state index contributed by atoms with van der Waals surface area (Å²) in [5, 5.41) is 0. The van der Waals surface area contributed by atoms with E-state index in [-0.39, 0.29) is 24.4 Å². The first-order valence-electron chi connectivity index (χ1n) is 8.26. The molecule has 0 heterocycles. The van der Waals surface area contributed by atoms with Crippen molar-refractivity contribution in [1.29, 1.82) is 0 Å². The number of fused-ring (bicyclic) bond motifs is 2. The first kappa shape index (κ1) is 14.6. The molecule has 0 aromatic carbocycles. The summed E-state index contributed by atoms with van der Waals surface area (Å²) >= 11 is 0. The number of rotatable bonds is 4. The van der Waals surface area contributed by atoms with Gasteiger partial charge in [0.2, 0.25) is 0 Å². The SMILES string of the molecule is CN(C(=O)COC(=O)[C@@H]1C[C@@H]2C=C[C@H]1C2)C1CCCCC1. The van der Waals surface area contributed by atoms with Crippen molar-refractivity contribution in [1.82, 2.24) is 4.90 Å². The Kier molecular flexibility index (Phi) is 4.32. The minimum atomic E-state index is -0.183. The van der Waals surface area contributed by atoms with E-state index < -0.39 is 0 Å². The van der Waals surface area contributed by atoms with Crippen LogP contribution in [0.25, 0.3) is 0 Å². The van der Waals surface area contributed by atoms with Crippen LogP contribution < -0.4 is 0 Å². The molecule has 0 aromatic rings. The van der Waals surface area contributed by atoms with Crippen LogP contribution in [-0.2, 0) is 14.3 Å². The Bertz CT molecular complexity index is 439. The second-order valence-electron chi connectivity index (χ2n) is 6.79. The number of esters is 1. The average molecular weight is 291 g/mol. The van der Waals surface area contributed by atoms with Crippen LogP contribution in [0.1, 0.15) is 44.9 Å². The van der Waals surface area contributed by atoms with Gasteiger partial charge >= 0.3 is 5.97 Å². The van der Waals surface area contributed by atoms with Crippen LogP contribution in [0.4, 0.5) is 0 Å². The Labute approximate surface area is 126 Å². The van der Waals surface area contributed by atoms with Crippen molar-refractivity contribution < 1.29 is 14.3 Å². The summed E-state index contributed by atoms with van der Waals surface area (Å²) in [5.41, 5.74) is 0. The summed E-state index contributed by atoms with van der Waals surface area (Å²) in [6.45, 7) is -0.0938. The summed E-state index contributed by atoms with van der Waals surface area (Å²) in [7, 11) is 1.84. The molecule has 0 unspecified atom stereocenters. The standard InChI is InChI=1S/C17H25NO3/c1-18(14-5-3-2-4-6-14)16(19)11-21-17(20)15-10-12-7-8-13(15)9-12/h7-8,12-15H,2-6,9-11H2,1H3/t12-,13+,15-/m1/s1. The number of nitrogens with zero attached hydrogens (tertiary/aromatic N) is 1. The lowest BCUT2D eigenvalue weighted by Gasteiger charge is -2.31. The van der Waals surface area contributed by atoms with Gasteiger partial charge in [-0.3, -0.25) is 9.59 Å².